The van der Waals surface area contributed by atoms with Crippen molar-refractivity contribution < 1.29 is 24.6 Å². The van der Waals surface area contributed by atoms with Gasteiger partial charge in [0.1, 0.15) is 12.4 Å². The Labute approximate surface area is 189 Å². The van der Waals surface area contributed by atoms with E-state index in [1.165, 1.54) is 18.6 Å². The number of amides is 1. The maximum atomic E-state index is 11.9. The van der Waals surface area contributed by atoms with Crippen molar-refractivity contribution in [1.29, 1.82) is 0 Å². The Morgan fingerprint density at radius 1 is 1.21 bits per heavy atom. The molecule has 4 N–H and O–H groups in total. The summed E-state index contributed by atoms with van der Waals surface area (Å²) in [5, 5.41) is 13.1. The van der Waals surface area contributed by atoms with Gasteiger partial charge in [0.05, 0.1) is 12.1 Å². The van der Waals surface area contributed by atoms with Crippen LogP contribution in [0, 0.1) is 0 Å². The normalized spacial score (nSPS) is 18.5. The van der Waals surface area contributed by atoms with Crippen LogP contribution in [0.2, 0.25) is 0 Å². The highest BCUT2D eigenvalue weighted by Gasteiger charge is 2.18. The summed E-state index contributed by atoms with van der Waals surface area (Å²) in [6.07, 6.45) is 6.59. The standard InChI is InChI=1S/C18H34N2O5S4/c1-14(21)17(13-24-25-19)20-18(23)9-12-27-26-10-4-6-15(22)5-2-3-7-16-8-11-28-29-16/h14,16-17,21H,2-13,19H2,1H3,(H,20,23)/t14-,16-,17-/m1/s1. The summed E-state index contributed by atoms with van der Waals surface area (Å²) in [6, 6.07) is -0.564. The maximum absolute atomic E-state index is 11.9. The lowest BCUT2D eigenvalue weighted by molar-refractivity contribution is -0.304. The topological polar surface area (TPSA) is 111 Å². The van der Waals surface area contributed by atoms with Crippen molar-refractivity contribution in [2.45, 2.75) is 75.7 Å². The molecule has 1 aliphatic heterocycles. The molecule has 0 aromatic heterocycles. The Morgan fingerprint density at radius 2 is 1.97 bits per heavy atom. The number of hydrogen-bond donors (Lipinski definition) is 3. The summed E-state index contributed by atoms with van der Waals surface area (Å²) in [5.41, 5.74) is 0. The van der Waals surface area contributed by atoms with Gasteiger partial charge >= 0.3 is 0 Å². The molecule has 0 spiro atoms. The number of nitrogens with two attached hydrogens (primary N) is 1. The largest absolute Gasteiger partial charge is 0.391 e. The van der Waals surface area contributed by atoms with Gasteiger partial charge in [-0.05, 0) is 32.6 Å². The summed E-state index contributed by atoms with van der Waals surface area (Å²) in [5.74, 6) is 7.84. The van der Waals surface area contributed by atoms with E-state index in [1.807, 2.05) is 21.6 Å². The van der Waals surface area contributed by atoms with E-state index >= 15 is 0 Å². The summed E-state index contributed by atoms with van der Waals surface area (Å²) < 4.78 is 0. The van der Waals surface area contributed by atoms with Gasteiger partial charge in [0.2, 0.25) is 5.91 Å². The van der Waals surface area contributed by atoms with Gasteiger partial charge in [-0.15, -0.1) is 4.99 Å². The minimum atomic E-state index is -0.769. The Bertz CT molecular complexity index is 454. The fraction of sp³-hybridized carbons (Fsp3) is 0.889. The minimum Gasteiger partial charge on any atom is -0.391 e. The molecule has 0 bridgehead atoms. The fourth-order valence-corrected chi connectivity index (χ4v) is 7.76. The molecule has 1 aliphatic rings. The first-order valence-corrected chi connectivity index (χ1v) is 14.9. The predicted molar refractivity (Wildman–Crippen MR) is 126 cm³/mol. The Hall–Kier alpha value is 0.380. The van der Waals surface area contributed by atoms with Crippen LogP contribution >= 0.6 is 43.2 Å². The fourth-order valence-electron chi connectivity index (χ4n) is 2.66. The molecule has 29 heavy (non-hydrogen) atoms. The lowest BCUT2D eigenvalue weighted by Gasteiger charge is -2.20. The van der Waals surface area contributed by atoms with Crippen molar-refractivity contribution >= 4 is 54.9 Å². The summed E-state index contributed by atoms with van der Waals surface area (Å²) in [7, 11) is 7.30. The average molecular weight is 487 g/mol. The third-order valence-corrected chi connectivity index (χ3v) is 9.88. The molecule has 1 rings (SSSR count). The number of carbonyl (C=O) groups is 2. The molecule has 0 radical (unpaired) electrons. The van der Waals surface area contributed by atoms with Crippen molar-refractivity contribution in [3.8, 4) is 0 Å². The van der Waals surface area contributed by atoms with E-state index in [9.17, 15) is 14.7 Å². The molecule has 0 aliphatic carbocycles. The summed E-state index contributed by atoms with van der Waals surface area (Å²) >= 11 is 0. The molecule has 1 saturated heterocycles. The Morgan fingerprint density at radius 3 is 2.66 bits per heavy atom. The van der Waals surface area contributed by atoms with Gasteiger partial charge < -0.3 is 10.4 Å². The number of Topliss-reactive ketones (excluding diaryl/α,β-unsaturated/α-hetero) is 1. The van der Waals surface area contributed by atoms with E-state index in [0.717, 1.165) is 30.3 Å². The number of ketones is 1. The number of aliphatic hydroxyl groups excluding tert-OH is 1. The van der Waals surface area contributed by atoms with Crippen molar-refractivity contribution in [2.24, 2.45) is 5.90 Å². The van der Waals surface area contributed by atoms with Crippen LogP contribution in [0.1, 0.15) is 58.3 Å². The molecule has 1 amide bonds. The van der Waals surface area contributed by atoms with E-state index in [0.29, 0.717) is 30.8 Å². The van der Waals surface area contributed by atoms with Crippen LogP contribution in [0.15, 0.2) is 0 Å². The van der Waals surface area contributed by atoms with Crippen LogP contribution in [0.3, 0.4) is 0 Å². The van der Waals surface area contributed by atoms with Gasteiger partial charge in [-0.1, -0.05) is 49.6 Å². The zero-order valence-corrected chi connectivity index (χ0v) is 20.3. The van der Waals surface area contributed by atoms with E-state index in [1.54, 1.807) is 28.5 Å². The molecule has 0 aromatic carbocycles. The van der Waals surface area contributed by atoms with Crippen molar-refractivity contribution in [3.63, 3.8) is 0 Å². The first-order valence-electron chi connectivity index (χ1n) is 10.0. The van der Waals surface area contributed by atoms with Crippen molar-refractivity contribution in [3.05, 3.63) is 0 Å². The van der Waals surface area contributed by atoms with Crippen LogP contribution in [0.5, 0.6) is 0 Å². The Balaban J connectivity index is 1.92. The molecule has 3 atom stereocenters. The first-order chi connectivity index (χ1) is 14.0. The molecular weight excluding hydrogens is 452 g/mol. The maximum Gasteiger partial charge on any atom is 0.221 e. The molecule has 0 aromatic rings. The van der Waals surface area contributed by atoms with Gasteiger partial charge in [-0.3, -0.25) is 9.59 Å². The SMILES string of the molecule is C[C@@H](O)[C@@H](COON)NC(=O)CCSSCCCC(=O)CCCC[C@@H]1CCSS1. The van der Waals surface area contributed by atoms with E-state index in [-0.39, 0.29) is 12.5 Å². The minimum absolute atomic E-state index is 0.0194. The molecule has 0 unspecified atom stereocenters. The quantitative estimate of drug-likeness (QED) is 0.115. The first kappa shape index (κ1) is 27.4. The average Bonchev–Trinajstić information content (AvgIpc) is 3.21. The Kier molecular flexibility index (Phi) is 17.0. The second-order valence-electron chi connectivity index (χ2n) is 6.91. The van der Waals surface area contributed by atoms with E-state index in [2.05, 4.69) is 15.2 Å². The zero-order valence-electron chi connectivity index (χ0n) is 17.0. The summed E-state index contributed by atoms with van der Waals surface area (Å²) in [4.78, 5) is 32.4. The molecular formula is C18H34N2O5S4. The van der Waals surface area contributed by atoms with Crippen LogP contribution in [-0.4, -0.2) is 58.1 Å². The molecule has 7 nitrogen and oxygen atoms in total. The van der Waals surface area contributed by atoms with Gasteiger partial charge in [0, 0.05) is 41.8 Å². The number of hydrogen-bond acceptors (Lipinski definition) is 10. The van der Waals surface area contributed by atoms with E-state index < -0.39 is 12.1 Å². The number of unbranched alkanes of at least 4 members (excludes halogenated alkanes) is 1. The van der Waals surface area contributed by atoms with Gasteiger partial charge in [-0.25, -0.2) is 4.89 Å². The smallest absolute Gasteiger partial charge is 0.221 e. The second-order valence-corrected chi connectivity index (χ2v) is 12.4. The van der Waals surface area contributed by atoms with Crippen LogP contribution in [0.25, 0.3) is 0 Å². The summed E-state index contributed by atoms with van der Waals surface area (Å²) in [6.45, 7) is 1.54. The lowest BCUT2D eigenvalue weighted by atomic mass is 10.1. The van der Waals surface area contributed by atoms with Crippen LogP contribution in [-0.2, 0) is 19.5 Å². The van der Waals surface area contributed by atoms with Crippen LogP contribution < -0.4 is 11.2 Å². The van der Waals surface area contributed by atoms with Crippen molar-refractivity contribution in [1.82, 2.24) is 5.32 Å². The van der Waals surface area contributed by atoms with Crippen LogP contribution in [0.4, 0.5) is 0 Å². The zero-order chi connectivity index (χ0) is 21.3. The molecule has 11 heteroatoms. The van der Waals surface area contributed by atoms with E-state index in [4.69, 9.17) is 5.90 Å². The van der Waals surface area contributed by atoms with Gasteiger partial charge in [-0.2, -0.15) is 5.90 Å². The van der Waals surface area contributed by atoms with Crippen molar-refractivity contribution in [2.75, 3.05) is 23.9 Å². The monoisotopic (exact) mass is 486 g/mol. The number of aliphatic hydroxyl groups is 1. The molecule has 1 fully saturated rings. The highest BCUT2D eigenvalue weighted by molar-refractivity contribution is 8.77. The molecule has 1 heterocycles. The third kappa shape index (κ3) is 14.9. The van der Waals surface area contributed by atoms with Gasteiger partial charge in [0.15, 0.2) is 0 Å². The number of carbonyl (C=O) groups excluding carboxylic acids is 2. The highest BCUT2D eigenvalue weighted by Crippen LogP contribution is 2.39. The predicted octanol–water partition coefficient (Wildman–Crippen LogP) is 3.51. The van der Waals surface area contributed by atoms with Gasteiger partial charge in [0.25, 0.3) is 0 Å². The second kappa shape index (κ2) is 18.0. The molecule has 0 saturated carbocycles. The highest BCUT2D eigenvalue weighted by atomic mass is 33.1. The number of rotatable bonds is 18. The third-order valence-electron chi connectivity index (χ3n) is 4.38. The number of nitrogens with one attached hydrogen (secondary N) is 1. The molecule has 170 valence electrons. The lowest BCUT2D eigenvalue weighted by Crippen LogP contribution is -2.45.